The number of aldehydes is 1. The van der Waals surface area contributed by atoms with Crippen LogP contribution in [0.1, 0.15) is 15.9 Å². The highest BCUT2D eigenvalue weighted by molar-refractivity contribution is 6.32. The molecule has 0 amide bonds. The lowest BCUT2D eigenvalue weighted by atomic mass is 10.2. The molecule has 2 aromatic carbocycles. The second-order valence-corrected chi connectivity index (χ2v) is 4.68. The predicted octanol–water partition coefficient (Wildman–Crippen LogP) is 3.87. The number of halogens is 1. The standard InChI is InChI=1S/C14H10ClNO5/c1-8-4-10(16(19)20)6-12(15)14(8)21-11-2-3-13(18)9(5-11)7-17/h2-7,18H,1H3. The van der Waals surface area contributed by atoms with Gasteiger partial charge in [-0.3, -0.25) is 14.9 Å². The zero-order chi connectivity index (χ0) is 15.6. The molecule has 2 rings (SSSR count). The largest absolute Gasteiger partial charge is 0.507 e. The van der Waals surface area contributed by atoms with E-state index in [1.54, 1.807) is 6.92 Å². The summed E-state index contributed by atoms with van der Waals surface area (Å²) in [6.45, 7) is 1.62. The number of benzene rings is 2. The van der Waals surface area contributed by atoms with Crippen LogP contribution < -0.4 is 4.74 Å². The highest BCUT2D eigenvalue weighted by atomic mass is 35.5. The van der Waals surface area contributed by atoms with Crippen LogP contribution in [0.5, 0.6) is 17.2 Å². The van der Waals surface area contributed by atoms with E-state index < -0.39 is 4.92 Å². The predicted molar refractivity (Wildman–Crippen MR) is 76.4 cm³/mol. The number of rotatable bonds is 4. The normalized spacial score (nSPS) is 10.2. The summed E-state index contributed by atoms with van der Waals surface area (Å²) in [5.74, 6) is 0.377. The number of nitro groups is 1. The summed E-state index contributed by atoms with van der Waals surface area (Å²) in [7, 11) is 0. The van der Waals surface area contributed by atoms with Crippen LogP contribution in [0.3, 0.4) is 0 Å². The van der Waals surface area contributed by atoms with Crippen LogP contribution in [0.2, 0.25) is 5.02 Å². The van der Waals surface area contributed by atoms with Crippen molar-refractivity contribution in [1.82, 2.24) is 0 Å². The van der Waals surface area contributed by atoms with Crippen molar-refractivity contribution >= 4 is 23.6 Å². The van der Waals surface area contributed by atoms with Crippen molar-refractivity contribution in [2.45, 2.75) is 6.92 Å². The molecule has 0 aliphatic heterocycles. The third kappa shape index (κ3) is 3.11. The number of hydrogen-bond acceptors (Lipinski definition) is 5. The van der Waals surface area contributed by atoms with Crippen molar-refractivity contribution in [3.8, 4) is 17.2 Å². The minimum atomic E-state index is -0.548. The van der Waals surface area contributed by atoms with Crippen molar-refractivity contribution in [3.05, 3.63) is 56.6 Å². The number of aryl methyl sites for hydroxylation is 1. The zero-order valence-corrected chi connectivity index (χ0v) is 11.6. The number of phenols is 1. The molecular weight excluding hydrogens is 298 g/mol. The highest BCUT2D eigenvalue weighted by Crippen LogP contribution is 2.36. The number of non-ortho nitro benzene ring substituents is 1. The molecule has 108 valence electrons. The fraction of sp³-hybridized carbons (Fsp3) is 0.0714. The van der Waals surface area contributed by atoms with Gasteiger partial charge in [-0.2, -0.15) is 0 Å². The van der Waals surface area contributed by atoms with E-state index in [2.05, 4.69) is 0 Å². The van der Waals surface area contributed by atoms with Crippen molar-refractivity contribution in [1.29, 1.82) is 0 Å². The first kappa shape index (κ1) is 14.8. The average Bonchev–Trinajstić information content (AvgIpc) is 2.44. The van der Waals surface area contributed by atoms with Crippen molar-refractivity contribution in [3.63, 3.8) is 0 Å². The number of carbonyl (C=O) groups excluding carboxylic acids is 1. The maximum Gasteiger partial charge on any atom is 0.271 e. The van der Waals surface area contributed by atoms with Gasteiger partial charge in [0.05, 0.1) is 15.5 Å². The van der Waals surface area contributed by atoms with Gasteiger partial charge in [0.15, 0.2) is 6.29 Å². The molecular formula is C14H10ClNO5. The molecule has 21 heavy (non-hydrogen) atoms. The Hall–Kier alpha value is -2.60. The van der Waals surface area contributed by atoms with Crippen molar-refractivity contribution in [2.24, 2.45) is 0 Å². The van der Waals surface area contributed by atoms with Gasteiger partial charge in [0.2, 0.25) is 0 Å². The van der Waals surface area contributed by atoms with E-state index >= 15 is 0 Å². The van der Waals surface area contributed by atoms with Gasteiger partial charge >= 0.3 is 0 Å². The third-order valence-corrected chi connectivity index (χ3v) is 3.05. The summed E-state index contributed by atoms with van der Waals surface area (Å²) in [6.07, 6.45) is 0.493. The first-order valence-corrected chi connectivity index (χ1v) is 6.20. The van der Waals surface area contributed by atoms with Gasteiger partial charge < -0.3 is 9.84 Å². The Balaban J connectivity index is 2.40. The summed E-state index contributed by atoms with van der Waals surface area (Å²) in [6, 6.07) is 6.64. The molecule has 0 aromatic heterocycles. The summed E-state index contributed by atoms with van der Waals surface area (Å²) in [4.78, 5) is 21.0. The minimum Gasteiger partial charge on any atom is -0.507 e. The van der Waals surface area contributed by atoms with Gasteiger partial charge in [-0.1, -0.05) is 11.6 Å². The van der Waals surface area contributed by atoms with Gasteiger partial charge in [0, 0.05) is 17.7 Å². The molecule has 0 aliphatic carbocycles. The summed E-state index contributed by atoms with van der Waals surface area (Å²) in [5.41, 5.74) is 0.419. The number of nitrogens with zero attached hydrogens (tertiary/aromatic N) is 1. The smallest absolute Gasteiger partial charge is 0.271 e. The molecule has 0 aliphatic rings. The van der Waals surface area contributed by atoms with Crippen LogP contribution in [0.15, 0.2) is 30.3 Å². The Labute approximate surface area is 124 Å². The molecule has 1 N–H and O–H groups in total. The topological polar surface area (TPSA) is 89.7 Å². The SMILES string of the molecule is Cc1cc([N+](=O)[O-])cc(Cl)c1Oc1ccc(O)c(C=O)c1. The van der Waals surface area contributed by atoms with Gasteiger partial charge in [-0.05, 0) is 25.1 Å². The molecule has 0 saturated carbocycles. The molecule has 0 spiro atoms. The number of carbonyl (C=O) groups is 1. The molecule has 7 heteroatoms. The highest BCUT2D eigenvalue weighted by Gasteiger charge is 2.15. The maximum atomic E-state index is 10.8. The van der Waals surface area contributed by atoms with E-state index in [1.165, 1.54) is 30.3 Å². The van der Waals surface area contributed by atoms with Gasteiger partial charge in [-0.25, -0.2) is 0 Å². The van der Waals surface area contributed by atoms with Crippen LogP contribution in [0.4, 0.5) is 5.69 Å². The Kier molecular flexibility index (Phi) is 4.09. The van der Waals surface area contributed by atoms with Crippen LogP contribution >= 0.6 is 11.6 Å². The number of phenolic OH excluding ortho intramolecular Hbond substituents is 1. The Morgan fingerprint density at radius 1 is 1.33 bits per heavy atom. The molecule has 0 unspecified atom stereocenters. The molecule has 0 saturated heterocycles. The van der Waals surface area contributed by atoms with E-state index in [-0.39, 0.29) is 33.5 Å². The molecule has 0 bridgehead atoms. The van der Waals surface area contributed by atoms with Crippen LogP contribution in [0.25, 0.3) is 0 Å². The van der Waals surface area contributed by atoms with E-state index in [0.717, 1.165) is 0 Å². The zero-order valence-electron chi connectivity index (χ0n) is 10.9. The van der Waals surface area contributed by atoms with E-state index in [0.29, 0.717) is 11.8 Å². The number of ether oxygens (including phenoxy) is 1. The number of nitro benzene ring substituents is 1. The van der Waals surface area contributed by atoms with Gasteiger partial charge in [-0.15, -0.1) is 0 Å². The van der Waals surface area contributed by atoms with Crippen LogP contribution in [-0.4, -0.2) is 16.3 Å². The van der Waals surface area contributed by atoms with Gasteiger partial charge in [0.25, 0.3) is 5.69 Å². The fourth-order valence-electron chi connectivity index (χ4n) is 1.76. The first-order valence-electron chi connectivity index (χ1n) is 5.83. The maximum absolute atomic E-state index is 10.8. The van der Waals surface area contributed by atoms with E-state index in [1.807, 2.05) is 0 Å². The molecule has 0 atom stereocenters. The molecule has 0 radical (unpaired) electrons. The Morgan fingerprint density at radius 3 is 2.62 bits per heavy atom. The number of hydrogen-bond donors (Lipinski definition) is 1. The monoisotopic (exact) mass is 307 g/mol. The summed E-state index contributed by atoms with van der Waals surface area (Å²) in [5, 5.41) is 20.2. The van der Waals surface area contributed by atoms with E-state index in [4.69, 9.17) is 16.3 Å². The van der Waals surface area contributed by atoms with Crippen molar-refractivity contribution in [2.75, 3.05) is 0 Å². The Morgan fingerprint density at radius 2 is 2.05 bits per heavy atom. The molecule has 2 aromatic rings. The first-order chi connectivity index (χ1) is 9.92. The number of aromatic hydroxyl groups is 1. The lowest BCUT2D eigenvalue weighted by molar-refractivity contribution is -0.384. The van der Waals surface area contributed by atoms with Crippen LogP contribution in [0, 0.1) is 17.0 Å². The third-order valence-electron chi connectivity index (χ3n) is 2.77. The second kappa shape index (κ2) is 5.80. The van der Waals surface area contributed by atoms with Gasteiger partial charge in [0.1, 0.15) is 17.2 Å². The summed E-state index contributed by atoms with van der Waals surface area (Å²) >= 11 is 5.99. The van der Waals surface area contributed by atoms with Crippen molar-refractivity contribution < 1.29 is 19.6 Å². The lowest BCUT2D eigenvalue weighted by Crippen LogP contribution is -1.94. The molecule has 0 heterocycles. The Bertz CT molecular complexity index is 706. The minimum absolute atomic E-state index is 0.0724. The molecule has 6 nitrogen and oxygen atoms in total. The lowest BCUT2D eigenvalue weighted by Gasteiger charge is -2.11. The summed E-state index contributed by atoms with van der Waals surface area (Å²) < 4.78 is 5.55. The van der Waals surface area contributed by atoms with Crippen LogP contribution in [-0.2, 0) is 0 Å². The second-order valence-electron chi connectivity index (χ2n) is 4.27. The fourth-order valence-corrected chi connectivity index (χ4v) is 2.06. The quantitative estimate of drug-likeness (QED) is 0.526. The molecule has 0 fully saturated rings. The average molecular weight is 308 g/mol. The van der Waals surface area contributed by atoms with E-state index in [9.17, 15) is 20.0 Å².